The van der Waals surface area contributed by atoms with Gasteiger partial charge in [-0.25, -0.2) is 0 Å². The van der Waals surface area contributed by atoms with Crippen molar-refractivity contribution in [3.8, 4) is 0 Å². The van der Waals surface area contributed by atoms with Gasteiger partial charge in [-0.2, -0.15) is 0 Å². The minimum absolute atomic E-state index is 0.0911. The van der Waals surface area contributed by atoms with Gasteiger partial charge < -0.3 is 14.9 Å². The van der Waals surface area contributed by atoms with Crippen LogP contribution in [0.25, 0.3) is 5.57 Å². The minimum atomic E-state index is -1.45. The Morgan fingerprint density at radius 2 is 1.77 bits per heavy atom. The molecule has 0 aliphatic carbocycles. The first-order valence-electron chi connectivity index (χ1n) is 9.33. The van der Waals surface area contributed by atoms with E-state index in [1.807, 2.05) is 0 Å². The summed E-state index contributed by atoms with van der Waals surface area (Å²) < 4.78 is 0. The topological polar surface area (TPSA) is 60.9 Å². The molecule has 0 radical (unpaired) electrons. The van der Waals surface area contributed by atoms with Crippen LogP contribution in [0.1, 0.15) is 42.9 Å². The maximum absolute atomic E-state index is 12.9. The minimum Gasteiger partial charge on any atom is -0.378 e. The molecule has 3 rings (SSSR count). The van der Waals surface area contributed by atoms with Crippen LogP contribution in [-0.4, -0.2) is 58.5 Å². The molecule has 5 heteroatoms. The van der Waals surface area contributed by atoms with Crippen molar-refractivity contribution >= 4 is 17.4 Å². The van der Waals surface area contributed by atoms with Gasteiger partial charge in [-0.1, -0.05) is 35.4 Å². The molecular formula is C21H28N2O3. The lowest BCUT2D eigenvalue weighted by atomic mass is 9.90. The number of carbonyl (C=O) groups excluding carboxylic acids is 2. The molecule has 1 unspecified atom stereocenters. The second kappa shape index (κ2) is 7.23. The first-order valence-corrected chi connectivity index (χ1v) is 9.33. The molecule has 26 heavy (non-hydrogen) atoms. The molecule has 2 amide bonds. The maximum atomic E-state index is 12.9. The zero-order valence-corrected chi connectivity index (χ0v) is 15.9. The number of aryl methyl sites for hydroxylation is 2. The highest BCUT2D eigenvalue weighted by atomic mass is 16.3. The van der Waals surface area contributed by atoms with Gasteiger partial charge in [-0.05, 0) is 44.2 Å². The molecule has 0 aromatic heterocycles. The van der Waals surface area contributed by atoms with Gasteiger partial charge in [0, 0.05) is 26.6 Å². The zero-order chi connectivity index (χ0) is 18.9. The van der Waals surface area contributed by atoms with Gasteiger partial charge in [0.2, 0.25) is 5.91 Å². The van der Waals surface area contributed by atoms with Crippen LogP contribution in [0.3, 0.4) is 0 Å². The fourth-order valence-corrected chi connectivity index (χ4v) is 4.05. The molecule has 1 aromatic rings. The smallest absolute Gasteiger partial charge is 0.256 e. The highest BCUT2D eigenvalue weighted by Gasteiger charge is 2.43. The lowest BCUT2D eigenvalue weighted by Gasteiger charge is -2.41. The summed E-state index contributed by atoms with van der Waals surface area (Å²) in [6.07, 6.45) is 3.94. The van der Waals surface area contributed by atoms with E-state index in [0.717, 1.165) is 6.42 Å². The number of likely N-dealkylation sites (tertiary alicyclic amines) is 1. The number of benzene rings is 1. The number of β-amino-alcohol motifs (C(OH)–C–C–N with tert-alkyl or cyclic N) is 1. The number of carbonyl (C=O) groups is 2. The average molecular weight is 356 g/mol. The molecule has 1 saturated heterocycles. The van der Waals surface area contributed by atoms with Gasteiger partial charge >= 0.3 is 0 Å². The number of amides is 2. The highest BCUT2D eigenvalue weighted by molar-refractivity contribution is 5.87. The number of rotatable bonds is 2. The Kier molecular flexibility index (Phi) is 5.19. The van der Waals surface area contributed by atoms with Gasteiger partial charge in [-0.3, -0.25) is 9.59 Å². The van der Waals surface area contributed by atoms with Crippen LogP contribution in [0.4, 0.5) is 0 Å². The lowest BCUT2D eigenvalue weighted by Crippen LogP contribution is -2.59. The molecule has 0 bridgehead atoms. The Morgan fingerprint density at radius 3 is 2.35 bits per heavy atom. The third-order valence-electron chi connectivity index (χ3n) is 5.40. The molecule has 1 fully saturated rings. The van der Waals surface area contributed by atoms with E-state index in [2.05, 4.69) is 38.1 Å². The van der Waals surface area contributed by atoms with Crippen LogP contribution >= 0.6 is 0 Å². The number of piperidine rings is 1. The summed E-state index contributed by atoms with van der Waals surface area (Å²) in [5.74, 6) is -0.342. The predicted octanol–water partition coefficient (Wildman–Crippen LogP) is 2.29. The van der Waals surface area contributed by atoms with E-state index in [0.29, 0.717) is 32.5 Å². The van der Waals surface area contributed by atoms with E-state index in [9.17, 15) is 14.7 Å². The molecule has 1 atom stereocenters. The monoisotopic (exact) mass is 356 g/mol. The first-order chi connectivity index (χ1) is 12.3. The fraction of sp³-hybridized carbons (Fsp3) is 0.524. The quantitative estimate of drug-likeness (QED) is 0.884. The summed E-state index contributed by atoms with van der Waals surface area (Å²) in [7, 11) is 0. The molecule has 5 nitrogen and oxygen atoms in total. The van der Waals surface area contributed by atoms with Crippen molar-refractivity contribution in [1.82, 2.24) is 9.80 Å². The molecular weight excluding hydrogens is 328 g/mol. The summed E-state index contributed by atoms with van der Waals surface area (Å²) in [5, 5.41) is 10.9. The second-order valence-electron chi connectivity index (χ2n) is 7.68. The fourth-order valence-electron chi connectivity index (χ4n) is 4.05. The van der Waals surface area contributed by atoms with Gasteiger partial charge in [0.1, 0.15) is 0 Å². The summed E-state index contributed by atoms with van der Waals surface area (Å²) in [6, 6.07) is 6.51. The van der Waals surface area contributed by atoms with E-state index < -0.39 is 5.60 Å². The molecule has 1 N–H and O–H groups in total. The summed E-state index contributed by atoms with van der Waals surface area (Å²) >= 11 is 0. The van der Waals surface area contributed by atoms with Crippen molar-refractivity contribution in [3.63, 3.8) is 0 Å². The molecule has 1 aromatic carbocycles. The van der Waals surface area contributed by atoms with Gasteiger partial charge in [-0.15, -0.1) is 0 Å². The van der Waals surface area contributed by atoms with Gasteiger partial charge in [0.15, 0.2) is 5.60 Å². The van der Waals surface area contributed by atoms with E-state index in [-0.39, 0.29) is 18.4 Å². The van der Waals surface area contributed by atoms with E-state index >= 15 is 0 Å². The third-order valence-corrected chi connectivity index (χ3v) is 5.40. The molecule has 0 saturated carbocycles. The largest absolute Gasteiger partial charge is 0.378 e. The van der Waals surface area contributed by atoms with E-state index in [4.69, 9.17) is 0 Å². The van der Waals surface area contributed by atoms with E-state index in [1.165, 1.54) is 29.2 Å². The Labute approximate surface area is 155 Å². The zero-order valence-electron chi connectivity index (χ0n) is 15.9. The van der Waals surface area contributed by atoms with Crippen molar-refractivity contribution in [2.45, 2.75) is 45.6 Å². The number of nitrogens with zero attached hydrogens (tertiary/aromatic N) is 2. The van der Waals surface area contributed by atoms with Crippen molar-refractivity contribution in [2.75, 3.05) is 26.2 Å². The highest BCUT2D eigenvalue weighted by Crippen LogP contribution is 2.28. The van der Waals surface area contributed by atoms with Crippen LogP contribution in [0.2, 0.25) is 0 Å². The van der Waals surface area contributed by atoms with Crippen LogP contribution in [-0.2, 0) is 9.59 Å². The van der Waals surface area contributed by atoms with E-state index in [1.54, 1.807) is 9.80 Å². The Hall–Kier alpha value is -2.14. The van der Waals surface area contributed by atoms with Crippen molar-refractivity contribution in [2.24, 2.45) is 0 Å². The summed E-state index contributed by atoms with van der Waals surface area (Å²) in [5.41, 5.74) is 3.49. The average Bonchev–Trinajstić information content (AvgIpc) is 2.60. The van der Waals surface area contributed by atoms with Crippen LogP contribution in [0.5, 0.6) is 0 Å². The molecule has 2 heterocycles. The first kappa shape index (κ1) is 18.6. The predicted molar refractivity (Wildman–Crippen MR) is 102 cm³/mol. The van der Waals surface area contributed by atoms with Gasteiger partial charge in [0.05, 0.1) is 6.54 Å². The number of hydrogen-bond donors (Lipinski definition) is 1. The lowest BCUT2D eigenvalue weighted by molar-refractivity contribution is -0.159. The SMILES string of the molecule is CC(=O)N1CCCC(O)(C(=O)N2CC=C(c3cc(C)cc(C)c3)CC2)C1. The molecule has 2 aliphatic heterocycles. The normalized spacial score (nSPS) is 23.6. The Bertz CT molecular complexity index is 735. The standard InChI is InChI=1S/C21H28N2O3/c1-15-11-16(2)13-19(12-15)18-5-9-22(10-6-18)20(25)21(26)7-4-8-23(14-21)17(3)24/h5,11-13,26H,4,6-10,14H2,1-3H3. The number of aliphatic hydroxyl groups is 1. The molecule has 0 spiro atoms. The van der Waals surface area contributed by atoms with Crippen LogP contribution in [0, 0.1) is 13.8 Å². The van der Waals surface area contributed by atoms with Crippen molar-refractivity contribution in [3.05, 3.63) is 41.0 Å². The Morgan fingerprint density at radius 1 is 1.08 bits per heavy atom. The van der Waals surface area contributed by atoms with Gasteiger partial charge in [0.25, 0.3) is 5.91 Å². The van der Waals surface area contributed by atoms with Crippen LogP contribution < -0.4 is 0 Å². The Balaban J connectivity index is 1.71. The van der Waals surface area contributed by atoms with Crippen LogP contribution in [0.15, 0.2) is 24.3 Å². The van der Waals surface area contributed by atoms with Crippen molar-refractivity contribution < 1.29 is 14.7 Å². The summed E-state index contributed by atoms with van der Waals surface area (Å²) in [6.45, 7) is 7.48. The maximum Gasteiger partial charge on any atom is 0.256 e. The molecule has 2 aliphatic rings. The second-order valence-corrected chi connectivity index (χ2v) is 7.68. The summed E-state index contributed by atoms with van der Waals surface area (Å²) in [4.78, 5) is 27.8. The molecule has 140 valence electrons. The third kappa shape index (κ3) is 3.83. The number of hydrogen-bond acceptors (Lipinski definition) is 3. The van der Waals surface area contributed by atoms with Crippen molar-refractivity contribution in [1.29, 1.82) is 0 Å².